The quantitative estimate of drug-likeness (QED) is 0.547. The molecule has 0 aliphatic heterocycles. The molecule has 2 amide bonds. The first-order chi connectivity index (χ1) is 9.20. The molecule has 3 N–H and O–H groups in total. The number of hydrogen-bond acceptors (Lipinski definition) is 5. The highest BCUT2D eigenvalue weighted by Crippen LogP contribution is 2.06. The van der Waals surface area contributed by atoms with Gasteiger partial charge < -0.3 is 25.2 Å². The maximum absolute atomic E-state index is 11.3. The van der Waals surface area contributed by atoms with Gasteiger partial charge in [0, 0.05) is 13.1 Å². The average Bonchev–Trinajstić information content (AvgIpc) is 2.25. The van der Waals surface area contributed by atoms with Gasteiger partial charge in [0.05, 0.1) is 0 Å². The third kappa shape index (κ3) is 12.6. The standard InChI is InChI=1S/C12H22N2O6/c1-12(2,3)20-11(18)14-6-4-5-13-9(15)7-19-8-10(16)17/h4-8H2,1-3H3,(H,13,15)(H,14,18)(H,16,17). The van der Waals surface area contributed by atoms with Crippen LogP contribution in [0.25, 0.3) is 0 Å². The summed E-state index contributed by atoms with van der Waals surface area (Å²) in [5.41, 5.74) is -0.542. The third-order valence-electron chi connectivity index (χ3n) is 1.80. The lowest BCUT2D eigenvalue weighted by Crippen LogP contribution is -2.35. The average molecular weight is 290 g/mol. The van der Waals surface area contributed by atoms with Crippen molar-refractivity contribution in [2.24, 2.45) is 0 Å². The van der Waals surface area contributed by atoms with Crippen molar-refractivity contribution in [1.29, 1.82) is 0 Å². The zero-order chi connectivity index (χ0) is 15.6. The van der Waals surface area contributed by atoms with Gasteiger partial charge in [0.25, 0.3) is 0 Å². The second-order valence-corrected chi connectivity index (χ2v) is 5.02. The smallest absolute Gasteiger partial charge is 0.407 e. The largest absolute Gasteiger partial charge is 0.480 e. The Bertz CT molecular complexity index is 337. The SMILES string of the molecule is CC(C)(C)OC(=O)NCCCNC(=O)COCC(=O)O. The van der Waals surface area contributed by atoms with Crippen molar-refractivity contribution in [1.82, 2.24) is 10.6 Å². The van der Waals surface area contributed by atoms with Gasteiger partial charge in [-0.1, -0.05) is 0 Å². The van der Waals surface area contributed by atoms with Gasteiger partial charge >= 0.3 is 12.1 Å². The lowest BCUT2D eigenvalue weighted by Gasteiger charge is -2.19. The van der Waals surface area contributed by atoms with E-state index in [1.807, 2.05) is 0 Å². The van der Waals surface area contributed by atoms with E-state index >= 15 is 0 Å². The molecule has 20 heavy (non-hydrogen) atoms. The number of alkyl carbamates (subject to hydrolysis) is 1. The van der Waals surface area contributed by atoms with Crippen molar-refractivity contribution in [2.75, 3.05) is 26.3 Å². The number of carboxylic acid groups (broad SMARTS) is 1. The highest BCUT2D eigenvalue weighted by molar-refractivity contribution is 5.77. The van der Waals surface area contributed by atoms with Crippen molar-refractivity contribution >= 4 is 18.0 Å². The predicted octanol–water partition coefficient (Wildman–Crippen LogP) is 0.119. The Morgan fingerprint density at radius 1 is 1.05 bits per heavy atom. The van der Waals surface area contributed by atoms with E-state index in [4.69, 9.17) is 9.84 Å². The van der Waals surface area contributed by atoms with Crippen LogP contribution in [0.2, 0.25) is 0 Å². The minimum atomic E-state index is -1.13. The van der Waals surface area contributed by atoms with Crippen LogP contribution in [-0.2, 0) is 19.1 Å². The fraction of sp³-hybridized carbons (Fsp3) is 0.750. The highest BCUT2D eigenvalue weighted by atomic mass is 16.6. The Labute approximate surface area is 117 Å². The molecular weight excluding hydrogens is 268 g/mol. The molecule has 0 rings (SSSR count). The van der Waals surface area contributed by atoms with Gasteiger partial charge in [-0.05, 0) is 27.2 Å². The molecule has 0 radical (unpaired) electrons. The summed E-state index contributed by atoms with van der Waals surface area (Å²) in [4.78, 5) is 32.6. The molecule has 0 atom stereocenters. The summed E-state index contributed by atoms with van der Waals surface area (Å²) in [7, 11) is 0. The molecule has 0 fully saturated rings. The van der Waals surface area contributed by atoms with E-state index in [1.54, 1.807) is 20.8 Å². The first-order valence-corrected chi connectivity index (χ1v) is 6.24. The van der Waals surface area contributed by atoms with E-state index in [2.05, 4.69) is 15.4 Å². The van der Waals surface area contributed by atoms with E-state index in [1.165, 1.54) is 0 Å². The van der Waals surface area contributed by atoms with Crippen LogP contribution in [0.1, 0.15) is 27.2 Å². The molecule has 0 aromatic rings. The van der Waals surface area contributed by atoms with Crippen molar-refractivity contribution < 1.29 is 29.0 Å². The number of nitrogens with one attached hydrogen (secondary N) is 2. The van der Waals surface area contributed by atoms with Crippen molar-refractivity contribution in [2.45, 2.75) is 32.8 Å². The Hall–Kier alpha value is -1.83. The van der Waals surface area contributed by atoms with Gasteiger partial charge in [-0.25, -0.2) is 9.59 Å². The second kappa shape index (κ2) is 9.13. The Morgan fingerprint density at radius 2 is 1.65 bits per heavy atom. The van der Waals surface area contributed by atoms with Crippen LogP contribution >= 0.6 is 0 Å². The number of ether oxygens (including phenoxy) is 2. The lowest BCUT2D eigenvalue weighted by molar-refractivity contribution is -0.143. The molecule has 0 spiro atoms. The van der Waals surface area contributed by atoms with Crippen LogP contribution in [-0.4, -0.2) is 55.0 Å². The van der Waals surface area contributed by atoms with Gasteiger partial charge in [-0.2, -0.15) is 0 Å². The summed E-state index contributed by atoms with van der Waals surface area (Å²) in [6, 6.07) is 0. The Balaban J connectivity index is 3.50. The van der Waals surface area contributed by atoms with Crippen LogP contribution in [0.15, 0.2) is 0 Å². The minimum absolute atomic E-state index is 0.300. The van der Waals surface area contributed by atoms with Gasteiger partial charge in [0.15, 0.2) is 0 Å². The summed E-state index contributed by atoms with van der Waals surface area (Å²) < 4.78 is 9.63. The number of amides is 2. The van der Waals surface area contributed by atoms with Gasteiger partial charge in [0.2, 0.25) is 5.91 Å². The molecule has 0 saturated heterocycles. The predicted molar refractivity (Wildman–Crippen MR) is 70.3 cm³/mol. The van der Waals surface area contributed by atoms with Crippen LogP contribution in [0.3, 0.4) is 0 Å². The number of carbonyl (C=O) groups excluding carboxylic acids is 2. The van der Waals surface area contributed by atoms with Crippen LogP contribution in [0.4, 0.5) is 4.79 Å². The monoisotopic (exact) mass is 290 g/mol. The van der Waals surface area contributed by atoms with E-state index in [9.17, 15) is 14.4 Å². The Morgan fingerprint density at radius 3 is 2.20 bits per heavy atom. The number of hydrogen-bond donors (Lipinski definition) is 3. The number of rotatable bonds is 8. The summed E-state index contributed by atoms with van der Waals surface area (Å²) in [6.45, 7) is 5.22. The van der Waals surface area contributed by atoms with Crippen LogP contribution < -0.4 is 10.6 Å². The molecule has 0 aliphatic carbocycles. The molecule has 8 heteroatoms. The molecule has 0 heterocycles. The molecule has 0 bridgehead atoms. The summed E-state index contributed by atoms with van der Waals surface area (Å²) in [5, 5.41) is 13.4. The molecule has 0 saturated carbocycles. The first-order valence-electron chi connectivity index (χ1n) is 6.24. The molecule has 116 valence electrons. The van der Waals surface area contributed by atoms with E-state index in [-0.39, 0.29) is 6.61 Å². The molecule has 8 nitrogen and oxygen atoms in total. The second-order valence-electron chi connectivity index (χ2n) is 5.02. The molecule has 0 aromatic carbocycles. The number of carboxylic acids is 1. The molecule has 0 unspecified atom stereocenters. The Kier molecular flexibility index (Phi) is 8.30. The fourth-order valence-corrected chi connectivity index (χ4v) is 1.10. The van der Waals surface area contributed by atoms with E-state index in [0.717, 1.165) is 0 Å². The topological polar surface area (TPSA) is 114 Å². The van der Waals surface area contributed by atoms with E-state index in [0.29, 0.717) is 19.5 Å². The zero-order valence-electron chi connectivity index (χ0n) is 12.0. The first kappa shape index (κ1) is 18.2. The highest BCUT2D eigenvalue weighted by Gasteiger charge is 2.15. The fourth-order valence-electron chi connectivity index (χ4n) is 1.10. The minimum Gasteiger partial charge on any atom is -0.480 e. The van der Waals surface area contributed by atoms with Crippen LogP contribution in [0.5, 0.6) is 0 Å². The zero-order valence-corrected chi connectivity index (χ0v) is 12.0. The normalized spacial score (nSPS) is 10.8. The maximum atomic E-state index is 11.3. The van der Waals surface area contributed by atoms with Gasteiger partial charge in [0.1, 0.15) is 18.8 Å². The van der Waals surface area contributed by atoms with Crippen LogP contribution in [0, 0.1) is 0 Å². The van der Waals surface area contributed by atoms with Gasteiger partial charge in [-0.3, -0.25) is 4.79 Å². The summed E-state index contributed by atoms with van der Waals surface area (Å²) >= 11 is 0. The van der Waals surface area contributed by atoms with Crippen molar-refractivity contribution in [3.05, 3.63) is 0 Å². The van der Waals surface area contributed by atoms with Crippen molar-refractivity contribution in [3.63, 3.8) is 0 Å². The van der Waals surface area contributed by atoms with Crippen molar-refractivity contribution in [3.8, 4) is 0 Å². The molecular formula is C12H22N2O6. The lowest BCUT2D eigenvalue weighted by atomic mass is 10.2. The van der Waals surface area contributed by atoms with Gasteiger partial charge in [-0.15, -0.1) is 0 Å². The summed E-state index contributed by atoms with van der Waals surface area (Å²) in [6.07, 6.45) is 0.0258. The third-order valence-corrected chi connectivity index (χ3v) is 1.80. The maximum Gasteiger partial charge on any atom is 0.407 e. The molecule has 0 aromatic heterocycles. The number of aliphatic carboxylic acids is 1. The molecule has 0 aliphatic rings. The number of carbonyl (C=O) groups is 3. The summed E-state index contributed by atoms with van der Waals surface area (Å²) in [5.74, 6) is -1.53. The van der Waals surface area contributed by atoms with E-state index < -0.39 is 30.2 Å².